The van der Waals surface area contributed by atoms with Crippen LogP contribution in [0.15, 0.2) is 9.27 Å². The van der Waals surface area contributed by atoms with Crippen molar-refractivity contribution in [3.8, 4) is 0 Å². The van der Waals surface area contributed by atoms with Crippen molar-refractivity contribution in [3.63, 3.8) is 0 Å². The fourth-order valence-corrected chi connectivity index (χ4v) is 2.17. The minimum Gasteiger partial charge on any atom is -0.299 e. The summed E-state index contributed by atoms with van der Waals surface area (Å²) in [6.45, 7) is 3.51. The van der Waals surface area contributed by atoms with Gasteiger partial charge in [-0.05, 0) is 22.9 Å². The second-order valence-electron chi connectivity index (χ2n) is 3.24. The Kier molecular flexibility index (Phi) is 3.77. The van der Waals surface area contributed by atoms with E-state index >= 15 is 0 Å². The smallest absolute Gasteiger partial charge is 0.281 e. The summed E-state index contributed by atoms with van der Waals surface area (Å²) in [6.07, 6.45) is 0. The molecule has 86 valence electrons. The summed E-state index contributed by atoms with van der Waals surface area (Å²) >= 11 is 3.12. The lowest BCUT2D eigenvalue weighted by molar-refractivity contribution is 0.576. The standard InChI is InChI=1S/C8H13BrN2O3S/c1-3-15(13,14)5-4-11-8(12)7(9)6(2)10-11/h10H,3-5H2,1-2H3. The second kappa shape index (κ2) is 4.52. The summed E-state index contributed by atoms with van der Waals surface area (Å²) in [4.78, 5) is 11.5. The average Bonchev–Trinajstić information content (AvgIpc) is 2.43. The van der Waals surface area contributed by atoms with Crippen LogP contribution in [-0.2, 0) is 16.4 Å². The Hall–Kier alpha value is -0.560. The molecular formula is C8H13BrN2O3S. The number of hydrogen-bond acceptors (Lipinski definition) is 3. The van der Waals surface area contributed by atoms with E-state index in [1.807, 2.05) is 0 Å². The third-order valence-corrected chi connectivity index (χ3v) is 4.75. The number of hydrogen-bond donors (Lipinski definition) is 1. The summed E-state index contributed by atoms with van der Waals surface area (Å²) in [7, 11) is -3.03. The quantitative estimate of drug-likeness (QED) is 0.888. The molecule has 0 saturated heterocycles. The topological polar surface area (TPSA) is 71.9 Å². The number of aromatic nitrogens is 2. The molecule has 1 rings (SSSR count). The molecule has 1 N–H and O–H groups in total. The average molecular weight is 297 g/mol. The maximum absolute atomic E-state index is 11.5. The van der Waals surface area contributed by atoms with Crippen LogP contribution in [0.5, 0.6) is 0 Å². The van der Waals surface area contributed by atoms with Crippen LogP contribution in [0, 0.1) is 6.92 Å². The van der Waals surface area contributed by atoms with Crippen molar-refractivity contribution in [1.29, 1.82) is 0 Å². The van der Waals surface area contributed by atoms with Gasteiger partial charge >= 0.3 is 0 Å². The van der Waals surface area contributed by atoms with E-state index in [9.17, 15) is 13.2 Å². The van der Waals surface area contributed by atoms with E-state index in [0.717, 1.165) is 0 Å². The highest BCUT2D eigenvalue weighted by atomic mass is 79.9. The fourth-order valence-electron chi connectivity index (χ4n) is 1.11. The van der Waals surface area contributed by atoms with Crippen molar-refractivity contribution < 1.29 is 8.42 Å². The molecule has 0 unspecified atom stereocenters. The first-order chi connectivity index (χ1) is 6.87. The van der Waals surface area contributed by atoms with Crippen LogP contribution >= 0.6 is 15.9 Å². The highest BCUT2D eigenvalue weighted by Crippen LogP contribution is 2.07. The number of nitrogens with one attached hydrogen (secondary N) is 1. The highest BCUT2D eigenvalue weighted by Gasteiger charge is 2.11. The lowest BCUT2D eigenvalue weighted by Gasteiger charge is -2.01. The molecule has 0 fully saturated rings. The van der Waals surface area contributed by atoms with Gasteiger partial charge in [0.1, 0.15) is 4.47 Å². The van der Waals surface area contributed by atoms with E-state index in [4.69, 9.17) is 0 Å². The lowest BCUT2D eigenvalue weighted by atomic mass is 10.5. The fraction of sp³-hybridized carbons (Fsp3) is 0.625. The molecule has 15 heavy (non-hydrogen) atoms. The van der Waals surface area contributed by atoms with E-state index < -0.39 is 9.84 Å². The van der Waals surface area contributed by atoms with Crippen molar-refractivity contribution in [3.05, 3.63) is 20.5 Å². The van der Waals surface area contributed by atoms with Gasteiger partial charge in [0.15, 0.2) is 9.84 Å². The molecule has 5 nitrogen and oxygen atoms in total. The highest BCUT2D eigenvalue weighted by molar-refractivity contribution is 9.10. The number of aryl methyl sites for hydroxylation is 2. The maximum Gasteiger partial charge on any atom is 0.281 e. The predicted molar refractivity (Wildman–Crippen MR) is 61.8 cm³/mol. The van der Waals surface area contributed by atoms with Gasteiger partial charge in [0, 0.05) is 11.4 Å². The van der Waals surface area contributed by atoms with Crippen molar-refractivity contribution in [2.24, 2.45) is 0 Å². The number of halogens is 1. The monoisotopic (exact) mass is 296 g/mol. The van der Waals surface area contributed by atoms with Gasteiger partial charge in [-0.25, -0.2) is 8.42 Å². The molecule has 1 aromatic rings. The Morgan fingerprint density at radius 3 is 2.47 bits per heavy atom. The predicted octanol–water partition coefficient (Wildman–Crippen LogP) is 0.682. The minimum atomic E-state index is -3.03. The molecule has 0 radical (unpaired) electrons. The molecule has 0 bridgehead atoms. The van der Waals surface area contributed by atoms with Gasteiger partial charge < -0.3 is 0 Å². The van der Waals surface area contributed by atoms with Gasteiger partial charge in [0.2, 0.25) is 0 Å². The van der Waals surface area contributed by atoms with Gasteiger partial charge in [-0.3, -0.25) is 14.6 Å². The van der Waals surface area contributed by atoms with Crippen LogP contribution in [0.1, 0.15) is 12.6 Å². The van der Waals surface area contributed by atoms with Crippen molar-refractivity contribution in [2.45, 2.75) is 20.4 Å². The zero-order valence-corrected chi connectivity index (χ0v) is 11.0. The molecule has 1 aromatic heterocycles. The number of H-pyrrole nitrogens is 1. The number of nitrogens with zero attached hydrogens (tertiary/aromatic N) is 1. The Bertz CT molecular complexity index is 500. The Morgan fingerprint density at radius 1 is 1.47 bits per heavy atom. The van der Waals surface area contributed by atoms with E-state index in [1.165, 1.54) is 4.68 Å². The molecule has 1 heterocycles. The van der Waals surface area contributed by atoms with Gasteiger partial charge in [-0.1, -0.05) is 6.92 Å². The maximum atomic E-state index is 11.5. The second-order valence-corrected chi connectivity index (χ2v) is 6.51. The number of rotatable bonds is 4. The van der Waals surface area contributed by atoms with Gasteiger partial charge in [-0.15, -0.1) is 0 Å². The van der Waals surface area contributed by atoms with Gasteiger partial charge in [0.25, 0.3) is 5.56 Å². The van der Waals surface area contributed by atoms with Gasteiger partial charge in [-0.2, -0.15) is 0 Å². The molecule has 0 amide bonds. The molecule has 0 spiro atoms. The zero-order chi connectivity index (χ0) is 11.6. The first kappa shape index (κ1) is 12.5. The Labute approximate surface area is 96.5 Å². The largest absolute Gasteiger partial charge is 0.299 e. The van der Waals surface area contributed by atoms with Crippen LogP contribution < -0.4 is 5.56 Å². The lowest BCUT2D eigenvalue weighted by Crippen LogP contribution is -2.23. The van der Waals surface area contributed by atoms with Gasteiger partial charge in [0.05, 0.1) is 12.3 Å². The van der Waals surface area contributed by atoms with E-state index in [2.05, 4.69) is 21.0 Å². The SMILES string of the molecule is CCS(=O)(=O)CCn1[nH]c(C)c(Br)c1=O. The molecule has 7 heteroatoms. The van der Waals surface area contributed by atoms with E-state index in [1.54, 1.807) is 13.8 Å². The van der Waals surface area contributed by atoms with Crippen LogP contribution in [0.2, 0.25) is 0 Å². The number of aromatic amines is 1. The summed E-state index contributed by atoms with van der Waals surface area (Å²) in [5.41, 5.74) is 0.479. The first-order valence-corrected chi connectivity index (χ1v) is 7.14. The summed E-state index contributed by atoms with van der Waals surface area (Å²) in [5, 5.41) is 2.80. The van der Waals surface area contributed by atoms with Crippen LogP contribution in [0.4, 0.5) is 0 Å². The first-order valence-electron chi connectivity index (χ1n) is 4.52. The molecule has 0 atom stereocenters. The third kappa shape index (κ3) is 2.94. The van der Waals surface area contributed by atoms with E-state index in [-0.39, 0.29) is 23.6 Å². The molecule has 0 aromatic carbocycles. The van der Waals surface area contributed by atoms with Crippen molar-refractivity contribution in [2.75, 3.05) is 11.5 Å². The Morgan fingerprint density at radius 2 is 2.07 bits per heavy atom. The molecule has 0 aliphatic heterocycles. The summed E-state index contributed by atoms with van der Waals surface area (Å²) < 4.78 is 24.2. The molecule has 0 aliphatic rings. The van der Waals surface area contributed by atoms with Crippen LogP contribution in [0.3, 0.4) is 0 Å². The van der Waals surface area contributed by atoms with Crippen molar-refractivity contribution in [1.82, 2.24) is 9.78 Å². The Balaban J connectivity index is 2.84. The van der Waals surface area contributed by atoms with Crippen LogP contribution in [-0.4, -0.2) is 29.7 Å². The summed E-state index contributed by atoms with van der Waals surface area (Å²) in [5.74, 6) is 0.0818. The molecule has 0 saturated carbocycles. The number of sulfone groups is 1. The summed E-state index contributed by atoms with van der Waals surface area (Å²) in [6, 6.07) is 0. The normalized spacial score (nSPS) is 11.9. The zero-order valence-electron chi connectivity index (χ0n) is 8.58. The molecule has 0 aliphatic carbocycles. The molecular weight excluding hydrogens is 284 g/mol. The van der Waals surface area contributed by atoms with Crippen molar-refractivity contribution >= 4 is 25.8 Å². The van der Waals surface area contributed by atoms with Crippen LogP contribution in [0.25, 0.3) is 0 Å². The minimum absolute atomic E-state index is 0.0181. The van der Waals surface area contributed by atoms with E-state index in [0.29, 0.717) is 10.2 Å². The third-order valence-electron chi connectivity index (χ3n) is 2.13.